The van der Waals surface area contributed by atoms with Crippen LogP contribution in [0.5, 0.6) is 0 Å². The summed E-state index contributed by atoms with van der Waals surface area (Å²) >= 11 is 0. The van der Waals surface area contributed by atoms with Crippen molar-refractivity contribution in [2.75, 3.05) is 6.61 Å². The van der Waals surface area contributed by atoms with Gasteiger partial charge in [0.05, 0.1) is 11.5 Å². The Hall–Kier alpha value is -0.910. The monoisotopic (exact) mass is 229 g/mol. The van der Waals surface area contributed by atoms with Gasteiger partial charge < -0.3 is 5.73 Å². The average molecular weight is 229 g/mol. The molecule has 1 atom stereocenters. The van der Waals surface area contributed by atoms with E-state index in [-0.39, 0.29) is 17.5 Å². The molecule has 2 N–H and O–H groups in total. The summed E-state index contributed by atoms with van der Waals surface area (Å²) in [5.74, 6) is 0. The Morgan fingerprint density at radius 2 is 1.93 bits per heavy atom. The summed E-state index contributed by atoms with van der Waals surface area (Å²) in [6.07, 6.45) is 0.520. The molecule has 1 aromatic carbocycles. The fraction of sp³-hybridized carbons (Fsp3) is 0.400. The van der Waals surface area contributed by atoms with Gasteiger partial charge in [0, 0.05) is 6.04 Å². The number of rotatable bonds is 5. The SMILES string of the molecule is CC(N)CCOS(=O)(=O)c1ccccc1. The van der Waals surface area contributed by atoms with E-state index in [4.69, 9.17) is 9.92 Å². The minimum Gasteiger partial charge on any atom is -0.328 e. The topological polar surface area (TPSA) is 69.4 Å². The van der Waals surface area contributed by atoms with Crippen LogP contribution >= 0.6 is 0 Å². The molecule has 0 heterocycles. The van der Waals surface area contributed by atoms with Crippen molar-refractivity contribution in [2.24, 2.45) is 5.73 Å². The lowest BCUT2D eigenvalue weighted by molar-refractivity contribution is 0.303. The quantitative estimate of drug-likeness (QED) is 0.768. The maximum Gasteiger partial charge on any atom is 0.296 e. The summed E-state index contributed by atoms with van der Waals surface area (Å²) in [5.41, 5.74) is 5.49. The molecule has 0 saturated carbocycles. The van der Waals surface area contributed by atoms with E-state index in [1.807, 2.05) is 0 Å². The van der Waals surface area contributed by atoms with Crippen molar-refractivity contribution in [2.45, 2.75) is 24.3 Å². The third-order valence-corrected chi connectivity index (χ3v) is 3.17. The van der Waals surface area contributed by atoms with Gasteiger partial charge in [0.25, 0.3) is 10.1 Å². The number of hydrogen-bond donors (Lipinski definition) is 1. The van der Waals surface area contributed by atoms with Crippen molar-refractivity contribution in [1.29, 1.82) is 0 Å². The van der Waals surface area contributed by atoms with Gasteiger partial charge in [-0.1, -0.05) is 18.2 Å². The van der Waals surface area contributed by atoms with E-state index in [2.05, 4.69) is 0 Å². The van der Waals surface area contributed by atoms with Crippen LogP contribution in [0.2, 0.25) is 0 Å². The molecule has 0 aliphatic rings. The van der Waals surface area contributed by atoms with Crippen LogP contribution in [0.4, 0.5) is 0 Å². The second-order valence-electron chi connectivity index (χ2n) is 3.36. The summed E-state index contributed by atoms with van der Waals surface area (Å²) in [6, 6.07) is 8.00. The van der Waals surface area contributed by atoms with Gasteiger partial charge in [-0.15, -0.1) is 0 Å². The van der Waals surface area contributed by atoms with Gasteiger partial charge in [0.1, 0.15) is 0 Å². The van der Waals surface area contributed by atoms with Gasteiger partial charge in [-0.25, -0.2) is 0 Å². The van der Waals surface area contributed by atoms with Gasteiger partial charge in [-0.2, -0.15) is 8.42 Å². The van der Waals surface area contributed by atoms with E-state index >= 15 is 0 Å². The summed E-state index contributed by atoms with van der Waals surface area (Å²) in [7, 11) is -3.61. The van der Waals surface area contributed by atoms with Crippen molar-refractivity contribution >= 4 is 10.1 Å². The molecule has 1 unspecified atom stereocenters. The highest BCUT2D eigenvalue weighted by Gasteiger charge is 2.13. The van der Waals surface area contributed by atoms with E-state index in [1.54, 1.807) is 25.1 Å². The highest BCUT2D eigenvalue weighted by molar-refractivity contribution is 7.86. The van der Waals surface area contributed by atoms with Gasteiger partial charge in [-0.05, 0) is 25.5 Å². The molecule has 0 radical (unpaired) electrons. The second kappa shape index (κ2) is 5.25. The fourth-order valence-corrected chi connectivity index (χ4v) is 1.94. The van der Waals surface area contributed by atoms with Crippen LogP contribution in [0.3, 0.4) is 0 Å². The zero-order valence-corrected chi connectivity index (χ0v) is 9.41. The normalized spacial score (nSPS) is 13.7. The highest BCUT2D eigenvalue weighted by Crippen LogP contribution is 2.11. The average Bonchev–Trinajstić information content (AvgIpc) is 2.18. The summed E-state index contributed by atoms with van der Waals surface area (Å²) in [4.78, 5) is 0.176. The molecule has 5 heteroatoms. The predicted molar refractivity (Wildman–Crippen MR) is 57.8 cm³/mol. The minimum atomic E-state index is -3.61. The Morgan fingerprint density at radius 1 is 1.33 bits per heavy atom. The van der Waals surface area contributed by atoms with Crippen molar-refractivity contribution in [3.8, 4) is 0 Å². The van der Waals surface area contributed by atoms with E-state index in [1.165, 1.54) is 12.1 Å². The molecule has 0 aromatic heterocycles. The molecule has 0 fully saturated rings. The molecular weight excluding hydrogens is 214 g/mol. The third kappa shape index (κ3) is 3.99. The molecule has 84 valence electrons. The summed E-state index contributed by atoms with van der Waals surface area (Å²) < 4.78 is 27.9. The largest absolute Gasteiger partial charge is 0.328 e. The molecule has 15 heavy (non-hydrogen) atoms. The molecule has 0 aliphatic heterocycles. The highest BCUT2D eigenvalue weighted by atomic mass is 32.2. The number of nitrogens with two attached hydrogens (primary N) is 1. The lowest BCUT2D eigenvalue weighted by Gasteiger charge is -2.06. The maximum atomic E-state index is 11.6. The van der Waals surface area contributed by atoms with Gasteiger partial charge in [0.15, 0.2) is 0 Å². The maximum absolute atomic E-state index is 11.6. The molecule has 1 rings (SSSR count). The first kappa shape index (κ1) is 12.2. The zero-order chi connectivity index (χ0) is 11.3. The first-order chi connectivity index (χ1) is 7.02. The molecule has 0 spiro atoms. The van der Waals surface area contributed by atoms with Gasteiger partial charge in [0.2, 0.25) is 0 Å². The van der Waals surface area contributed by atoms with E-state index in [0.717, 1.165) is 0 Å². The minimum absolute atomic E-state index is 0.0593. The Labute approximate surface area is 90.2 Å². The lowest BCUT2D eigenvalue weighted by atomic mass is 10.3. The predicted octanol–water partition coefficient (Wildman–Crippen LogP) is 1.13. The number of hydrogen-bond acceptors (Lipinski definition) is 4. The van der Waals surface area contributed by atoms with Crippen molar-refractivity contribution in [3.05, 3.63) is 30.3 Å². The van der Waals surface area contributed by atoms with E-state index in [9.17, 15) is 8.42 Å². The summed E-state index contributed by atoms with van der Waals surface area (Å²) in [6.45, 7) is 1.92. The smallest absolute Gasteiger partial charge is 0.296 e. The lowest BCUT2D eigenvalue weighted by Crippen LogP contribution is -2.18. The van der Waals surface area contributed by atoms with Crippen LogP contribution in [-0.2, 0) is 14.3 Å². The van der Waals surface area contributed by atoms with E-state index < -0.39 is 10.1 Å². The van der Waals surface area contributed by atoms with Gasteiger partial charge >= 0.3 is 0 Å². The Bertz CT molecular complexity index is 386. The van der Waals surface area contributed by atoms with Crippen LogP contribution in [-0.4, -0.2) is 21.1 Å². The fourth-order valence-electron chi connectivity index (χ4n) is 0.999. The Kier molecular flexibility index (Phi) is 4.26. The molecule has 0 bridgehead atoms. The van der Waals surface area contributed by atoms with Crippen molar-refractivity contribution in [3.63, 3.8) is 0 Å². The first-order valence-electron chi connectivity index (χ1n) is 4.72. The van der Waals surface area contributed by atoms with Crippen LogP contribution in [0.1, 0.15) is 13.3 Å². The molecule has 0 saturated heterocycles. The standard InChI is InChI=1S/C10H15NO3S/c1-9(11)7-8-14-15(12,13)10-5-3-2-4-6-10/h2-6,9H,7-8,11H2,1H3. The molecular formula is C10H15NO3S. The molecule has 0 aliphatic carbocycles. The van der Waals surface area contributed by atoms with Crippen molar-refractivity contribution in [1.82, 2.24) is 0 Å². The summed E-state index contributed by atoms with van der Waals surface area (Å²) in [5, 5.41) is 0. The zero-order valence-electron chi connectivity index (χ0n) is 8.59. The molecule has 4 nitrogen and oxygen atoms in total. The Balaban J connectivity index is 2.61. The third-order valence-electron chi connectivity index (χ3n) is 1.84. The van der Waals surface area contributed by atoms with Crippen LogP contribution < -0.4 is 5.73 Å². The first-order valence-corrected chi connectivity index (χ1v) is 6.13. The van der Waals surface area contributed by atoms with E-state index in [0.29, 0.717) is 6.42 Å². The second-order valence-corrected chi connectivity index (χ2v) is 4.97. The van der Waals surface area contributed by atoms with Gasteiger partial charge in [-0.3, -0.25) is 4.18 Å². The number of benzene rings is 1. The van der Waals surface area contributed by atoms with Crippen molar-refractivity contribution < 1.29 is 12.6 Å². The van der Waals surface area contributed by atoms with Crippen LogP contribution in [0.15, 0.2) is 35.2 Å². The van der Waals surface area contributed by atoms with Crippen LogP contribution in [0, 0.1) is 0 Å². The van der Waals surface area contributed by atoms with Crippen LogP contribution in [0.25, 0.3) is 0 Å². The molecule has 0 amide bonds. The molecule has 1 aromatic rings. The Morgan fingerprint density at radius 3 is 2.47 bits per heavy atom.